The molecule has 0 saturated carbocycles. The van der Waals surface area contributed by atoms with Crippen LogP contribution in [-0.4, -0.2) is 30.4 Å². The van der Waals surface area contributed by atoms with Gasteiger partial charge in [-0.25, -0.2) is 4.79 Å². The number of aliphatic carboxylic acids is 1. The van der Waals surface area contributed by atoms with Crippen molar-refractivity contribution in [2.75, 3.05) is 13.2 Å². The molecule has 0 aromatic heterocycles. The van der Waals surface area contributed by atoms with Gasteiger partial charge in [-0.05, 0) is 71.2 Å². The number of rotatable bonds is 9. The number of amides is 1. The Bertz CT molecular complexity index is 1520. The van der Waals surface area contributed by atoms with Crippen LogP contribution in [0.25, 0.3) is 16.8 Å². The molecule has 0 heterocycles. The largest absolute Gasteiger partial charge is 0.494 e. The summed E-state index contributed by atoms with van der Waals surface area (Å²) in [6.45, 7) is 0.726. The number of alkyl carbamates (subject to hydrolysis) is 1. The summed E-state index contributed by atoms with van der Waals surface area (Å²) in [7, 11) is 0. The van der Waals surface area contributed by atoms with Crippen LogP contribution in [0.3, 0.4) is 0 Å². The monoisotopic (exact) mass is 547 g/mol. The molecule has 0 radical (unpaired) electrons. The lowest BCUT2D eigenvalue weighted by atomic mass is 9.89. The minimum atomic E-state index is -0.786. The average Bonchev–Trinajstić information content (AvgIpc) is 3.22. The van der Waals surface area contributed by atoms with E-state index < -0.39 is 12.1 Å². The number of hydrogen-bond acceptors (Lipinski definition) is 4. The normalized spacial score (nSPS) is 17.0. The van der Waals surface area contributed by atoms with Gasteiger partial charge in [0.05, 0.1) is 12.3 Å². The number of benzene rings is 3. The van der Waals surface area contributed by atoms with E-state index in [0.717, 1.165) is 35.4 Å². The number of allylic oxidation sites excluding steroid dienone is 4. The molecule has 0 spiro atoms. The van der Waals surface area contributed by atoms with E-state index in [0.29, 0.717) is 19.4 Å². The molecule has 1 amide bonds. The van der Waals surface area contributed by atoms with Gasteiger partial charge in [0.15, 0.2) is 0 Å². The van der Waals surface area contributed by atoms with E-state index in [1.54, 1.807) is 0 Å². The number of unbranched alkanes of at least 4 members (excludes halogenated alkanes) is 1. The van der Waals surface area contributed by atoms with Gasteiger partial charge in [-0.2, -0.15) is 0 Å². The molecule has 3 aliphatic carbocycles. The Morgan fingerprint density at radius 2 is 1.54 bits per heavy atom. The zero-order chi connectivity index (χ0) is 28.2. The van der Waals surface area contributed by atoms with Gasteiger partial charge in [0.1, 0.15) is 12.4 Å². The predicted octanol–water partition coefficient (Wildman–Crippen LogP) is 7.22. The van der Waals surface area contributed by atoms with Gasteiger partial charge in [0.25, 0.3) is 0 Å². The summed E-state index contributed by atoms with van der Waals surface area (Å²) in [6, 6.07) is 24.8. The average molecular weight is 548 g/mol. The molecule has 41 heavy (non-hydrogen) atoms. The second kappa shape index (κ2) is 11.9. The third kappa shape index (κ3) is 5.68. The molecule has 0 bridgehead atoms. The van der Waals surface area contributed by atoms with E-state index in [9.17, 15) is 9.59 Å². The van der Waals surface area contributed by atoms with Gasteiger partial charge in [-0.1, -0.05) is 78.9 Å². The fraction of sp³-hybridized carbons (Fsp3) is 0.257. The molecule has 0 aliphatic heterocycles. The van der Waals surface area contributed by atoms with Crippen molar-refractivity contribution in [3.05, 3.63) is 125 Å². The molecule has 1 unspecified atom stereocenters. The summed E-state index contributed by atoms with van der Waals surface area (Å²) in [5.74, 6) is 0.0597. The summed E-state index contributed by atoms with van der Waals surface area (Å²) >= 11 is 0. The third-order valence-electron chi connectivity index (χ3n) is 8.12. The highest BCUT2D eigenvalue weighted by molar-refractivity contribution is 5.86. The van der Waals surface area contributed by atoms with E-state index in [1.807, 2.05) is 48.6 Å². The van der Waals surface area contributed by atoms with Gasteiger partial charge >= 0.3 is 12.1 Å². The van der Waals surface area contributed by atoms with Gasteiger partial charge in [-0.3, -0.25) is 10.1 Å². The van der Waals surface area contributed by atoms with Crippen LogP contribution in [-0.2, 0) is 20.7 Å². The van der Waals surface area contributed by atoms with Crippen LogP contribution in [0.1, 0.15) is 53.9 Å². The minimum absolute atomic E-state index is 0.00677. The molecule has 6 heteroatoms. The van der Waals surface area contributed by atoms with Crippen LogP contribution in [0, 0.1) is 5.92 Å². The topological polar surface area (TPSA) is 84.9 Å². The van der Waals surface area contributed by atoms with Gasteiger partial charge < -0.3 is 14.6 Å². The second-order valence-corrected chi connectivity index (χ2v) is 10.7. The first-order valence-electron chi connectivity index (χ1n) is 14.3. The molecular formula is C35H33NO5. The molecule has 1 atom stereocenters. The lowest BCUT2D eigenvalue weighted by molar-refractivity contribution is -0.137. The second-order valence-electron chi connectivity index (χ2n) is 10.7. The first-order valence-corrected chi connectivity index (χ1v) is 14.3. The Hall–Kier alpha value is -4.58. The summed E-state index contributed by atoms with van der Waals surface area (Å²) in [4.78, 5) is 24.1. The van der Waals surface area contributed by atoms with Crippen molar-refractivity contribution in [1.82, 2.24) is 5.32 Å². The zero-order valence-electron chi connectivity index (χ0n) is 22.8. The fourth-order valence-electron chi connectivity index (χ4n) is 6.14. The number of fused-ring (bicyclic) bond motifs is 5. The Balaban J connectivity index is 1.18. The fourth-order valence-corrected chi connectivity index (χ4v) is 6.14. The molecule has 2 N–H and O–H groups in total. The Kier molecular flexibility index (Phi) is 7.72. The Morgan fingerprint density at radius 1 is 0.854 bits per heavy atom. The third-order valence-corrected chi connectivity index (χ3v) is 8.12. The highest BCUT2D eigenvalue weighted by atomic mass is 16.5. The van der Waals surface area contributed by atoms with Crippen molar-refractivity contribution in [3.8, 4) is 11.1 Å². The first kappa shape index (κ1) is 26.6. The number of carbonyl (C=O) groups is 2. The van der Waals surface area contributed by atoms with Crippen molar-refractivity contribution in [2.24, 2.45) is 5.92 Å². The molecule has 0 saturated heterocycles. The van der Waals surface area contributed by atoms with Gasteiger partial charge in [0, 0.05) is 23.8 Å². The SMILES string of the molecule is O=C(O)CCCCOC1=CC2CCc3ccccc3C(NC(=O)OCC3c4ccccc4-c4ccccc43)=C2C=C1. The summed E-state index contributed by atoms with van der Waals surface area (Å²) < 4.78 is 11.8. The van der Waals surface area contributed by atoms with Crippen LogP contribution >= 0.6 is 0 Å². The minimum Gasteiger partial charge on any atom is -0.494 e. The molecular weight excluding hydrogens is 514 g/mol. The van der Waals surface area contributed by atoms with Crippen molar-refractivity contribution < 1.29 is 24.2 Å². The first-order chi connectivity index (χ1) is 20.1. The lowest BCUT2D eigenvalue weighted by Gasteiger charge is -2.22. The molecule has 3 aromatic carbocycles. The van der Waals surface area contributed by atoms with E-state index in [1.165, 1.54) is 27.8 Å². The van der Waals surface area contributed by atoms with E-state index >= 15 is 0 Å². The van der Waals surface area contributed by atoms with Crippen LogP contribution in [0.15, 0.2) is 102 Å². The van der Waals surface area contributed by atoms with Crippen molar-refractivity contribution >= 4 is 17.8 Å². The Labute approximate surface area is 240 Å². The van der Waals surface area contributed by atoms with Crippen molar-refractivity contribution in [3.63, 3.8) is 0 Å². The highest BCUT2D eigenvalue weighted by Crippen LogP contribution is 2.44. The van der Waals surface area contributed by atoms with Gasteiger partial charge in [0.2, 0.25) is 0 Å². The van der Waals surface area contributed by atoms with Crippen molar-refractivity contribution in [2.45, 2.75) is 38.0 Å². The Morgan fingerprint density at radius 3 is 2.27 bits per heavy atom. The number of nitrogens with one attached hydrogen (secondary N) is 1. The van der Waals surface area contributed by atoms with E-state index in [4.69, 9.17) is 14.6 Å². The summed E-state index contributed by atoms with van der Waals surface area (Å²) in [5.41, 5.74) is 8.74. The quantitative estimate of drug-likeness (QED) is 0.276. The number of aryl methyl sites for hydroxylation is 1. The van der Waals surface area contributed by atoms with Crippen LogP contribution < -0.4 is 5.32 Å². The number of carbonyl (C=O) groups excluding carboxylic acids is 1. The molecule has 6 rings (SSSR count). The summed E-state index contributed by atoms with van der Waals surface area (Å²) in [6.07, 6.45) is 8.77. The number of carboxylic acid groups (broad SMARTS) is 1. The van der Waals surface area contributed by atoms with Crippen LogP contribution in [0.2, 0.25) is 0 Å². The maximum atomic E-state index is 13.3. The van der Waals surface area contributed by atoms with Crippen molar-refractivity contribution in [1.29, 1.82) is 0 Å². The molecule has 3 aromatic rings. The molecule has 208 valence electrons. The number of carboxylic acids is 1. The highest BCUT2D eigenvalue weighted by Gasteiger charge is 2.30. The van der Waals surface area contributed by atoms with Crippen LogP contribution in [0.5, 0.6) is 0 Å². The number of hydrogen-bond donors (Lipinski definition) is 2. The molecule has 6 nitrogen and oxygen atoms in total. The standard InChI is InChI=1S/C35H33NO5/c37-33(38)15-7-8-20-40-25-18-19-27-24(21-25)17-16-23-9-1-2-10-26(23)34(27)36-35(39)41-22-32-30-13-5-3-11-28(30)29-12-4-6-14-31(29)32/h1-6,9-14,18-19,21,24,32H,7-8,15-17,20,22H2,(H,36,39)(H,37,38). The maximum absolute atomic E-state index is 13.3. The lowest BCUT2D eigenvalue weighted by Crippen LogP contribution is -2.27. The number of ether oxygens (including phenoxy) is 2. The van der Waals surface area contributed by atoms with Gasteiger partial charge in [-0.15, -0.1) is 0 Å². The van der Waals surface area contributed by atoms with Crippen LogP contribution in [0.4, 0.5) is 4.79 Å². The summed E-state index contributed by atoms with van der Waals surface area (Å²) in [5, 5.41) is 12.0. The zero-order valence-corrected chi connectivity index (χ0v) is 22.8. The predicted molar refractivity (Wildman–Crippen MR) is 158 cm³/mol. The smallest absolute Gasteiger partial charge is 0.411 e. The molecule has 0 fully saturated rings. The molecule has 3 aliphatic rings. The van der Waals surface area contributed by atoms with E-state index in [-0.39, 0.29) is 24.9 Å². The maximum Gasteiger partial charge on any atom is 0.411 e. The van der Waals surface area contributed by atoms with E-state index in [2.05, 4.69) is 47.8 Å².